The zero-order valence-corrected chi connectivity index (χ0v) is 14.0. The molecule has 3 N–H and O–H groups in total. The summed E-state index contributed by atoms with van der Waals surface area (Å²) < 4.78 is 5.38. The van der Waals surface area contributed by atoms with Gasteiger partial charge in [-0.25, -0.2) is 4.79 Å². The van der Waals surface area contributed by atoms with Gasteiger partial charge in [0.1, 0.15) is 5.60 Å². The summed E-state index contributed by atoms with van der Waals surface area (Å²) in [5.74, 6) is -0.308. The van der Waals surface area contributed by atoms with Crippen molar-refractivity contribution in [2.45, 2.75) is 39.2 Å². The minimum atomic E-state index is -0.531. The van der Waals surface area contributed by atoms with Gasteiger partial charge in [0.05, 0.1) is 5.92 Å². The van der Waals surface area contributed by atoms with Crippen molar-refractivity contribution in [1.82, 2.24) is 4.90 Å². The van der Waals surface area contributed by atoms with Crippen LogP contribution in [0.2, 0.25) is 0 Å². The van der Waals surface area contributed by atoms with Gasteiger partial charge in [-0.1, -0.05) is 0 Å². The number of piperidine rings is 1. The fourth-order valence-electron chi connectivity index (χ4n) is 2.49. The van der Waals surface area contributed by atoms with Gasteiger partial charge in [-0.3, -0.25) is 4.79 Å². The Bertz CT molecular complexity index is 563. The first-order valence-electron chi connectivity index (χ1n) is 7.89. The molecular weight excluding hydrogens is 294 g/mol. The quantitative estimate of drug-likeness (QED) is 0.821. The van der Waals surface area contributed by atoms with Gasteiger partial charge in [0.15, 0.2) is 0 Å². The van der Waals surface area contributed by atoms with Crippen molar-refractivity contribution < 1.29 is 14.3 Å². The molecule has 0 aromatic heterocycles. The number of amides is 2. The number of benzene rings is 1. The molecule has 6 nitrogen and oxygen atoms in total. The molecule has 23 heavy (non-hydrogen) atoms. The number of nitrogens with zero attached hydrogens (tertiary/aromatic N) is 1. The van der Waals surface area contributed by atoms with Crippen molar-refractivity contribution in [2.75, 3.05) is 24.1 Å². The smallest absolute Gasteiger partial charge is 0.410 e. The second kappa shape index (κ2) is 6.89. The van der Waals surface area contributed by atoms with E-state index in [-0.39, 0.29) is 17.9 Å². The van der Waals surface area contributed by atoms with Gasteiger partial charge < -0.3 is 20.7 Å². The number of ether oxygens (including phenoxy) is 1. The molecule has 0 aliphatic carbocycles. The summed E-state index contributed by atoms with van der Waals surface area (Å²) in [6.45, 7) is 6.51. The SMILES string of the molecule is CC(C)(C)OC(=O)N1CCC[C@H](C(=O)Nc2ccc(N)cc2)C1. The van der Waals surface area contributed by atoms with Crippen LogP contribution in [0.1, 0.15) is 33.6 Å². The van der Waals surface area contributed by atoms with Crippen LogP contribution in [-0.4, -0.2) is 35.6 Å². The highest BCUT2D eigenvalue weighted by molar-refractivity contribution is 5.93. The number of nitrogens with one attached hydrogen (secondary N) is 1. The third kappa shape index (κ3) is 5.16. The summed E-state index contributed by atoms with van der Waals surface area (Å²) >= 11 is 0. The van der Waals surface area contributed by atoms with E-state index in [1.165, 1.54) is 0 Å². The van der Waals surface area contributed by atoms with E-state index in [0.717, 1.165) is 12.8 Å². The third-order valence-corrected chi connectivity index (χ3v) is 3.62. The molecule has 0 bridgehead atoms. The van der Waals surface area contributed by atoms with E-state index in [0.29, 0.717) is 24.5 Å². The molecule has 0 saturated carbocycles. The Morgan fingerprint density at radius 1 is 1.26 bits per heavy atom. The predicted molar refractivity (Wildman–Crippen MR) is 90.0 cm³/mol. The maximum absolute atomic E-state index is 12.4. The molecule has 6 heteroatoms. The number of carbonyl (C=O) groups is 2. The third-order valence-electron chi connectivity index (χ3n) is 3.62. The van der Waals surface area contributed by atoms with E-state index >= 15 is 0 Å². The number of anilines is 2. The highest BCUT2D eigenvalue weighted by atomic mass is 16.6. The van der Waals surface area contributed by atoms with Crippen LogP contribution in [0.5, 0.6) is 0 Å². The standard InChI is InChI=1S/C17H25N3O3/c1-17(2,3)23-16(22)20-10-4-5-12(11-20)15(21)19-14-8-6-13(18)7-9-14/h6-9,12H,4-5,10-11,18H2,1-3H3,(H,19,21)/t12-/m0/s1. The number of hydrogen-bond donors (Lipinski definition) is 2. The summed E-state index contributed by atoms with van der Waals surface area (Å²) in [6, 6.07) is 7.01. The summed E-state index contributed by atoms with van der Waals surface area (Å²) in [4.78, 5) is 26.1. The zero-order valence-electron chi connectivity index (χ0n) is 14.0. The molecule has 1 fully saturated rings. The number of nitrogens with two attached hydrogens (primary N) is 1. The van der Waals surface area contributed by atoms with Crippen LogP contribution in [-0.2, 0) is 9.53 Å². The van der Waals surface area contributed by atoms with Crippen molar-refractivity contribution in [1.29, 1.82) is 0 Å². The summed E-state index contributed by atoms with van der Waals surface area (Å²) in [7, 11) is 0. The number of rotatable bonds is 2. The van der Waals surface area contributed by atoms with Gasteiger partial charge in [0, 0.05) is 24.5 Å². The van der Waals surface area contributed by atoms with E-state index in [4.69, 9.17) is 10.5 Å². The minimum Gasteiger partial charge on any atom is -0.444 e. The van der Waals surface area contributed by atoms with Crippen LogP contribution >= 0.6 is 0 Å². The fraction of sp³-hybridized carbons (Fsp3) is 0.529. The second-order valence-corrected chi connectivity index (χ2v) is 6.88. The number of carbonyl (C=O) groups excluding carboxylic acids is 2. The van der Waals surface area contributed by atoms with Gasteiger partial charge in [-0.15, -0.1) is 0 Å². The van der Waals surface area contributed by atoms with Crippen molar-refractivity contribution in [2.24, 2.45) is 5.92 Å². The summed E-state index contributed by atoms with van der Waals surface area (Å²) in [5, 5.41) is 2.87. The number of hydrogen-bond acceptors (Lipinski definition) is 4. The lowest BCUT2D eigenvalue weighted by Crippen LogP contribution is -2.45. The van der Waals surface area contributed by atoms with Crippen LogP contribution in [0, 0.1) is 5.92 Å². The molecule has 1 atom stereocenters. The first-order chi connectivity index (χ1) is 10.7. The average Bonchev–Trinajstić information content (AvgIpc) is 2.48. The van der Waals surface area contributed by atoms with E-state index in [9.17, 15) is 9.59 Å². The minimum absolute atomic E-state index is 0.0805. The molecule has 0 unspecified atom stereocenters. The highest BCUT2D eigenvalue weighted by Crippen LogP contribution is 2.21. The van der Waals surface area contributed by atoms with E-state index in [2.05, 4.69) is 5.32 Å². The Morgan fingerprint density at radius 2 is 1.91 bits per heavy atom. The lowest BCUT2D eigenvalue weighted by molar-refractivity contribution is -0.121. The Balaban J connectivity index is 1.93. The molecule has 1 aliphatic heterocycles. The Hall–Kier alpha value is -2.24. The van der Waals surface area contributed by atoms with Crippen LogP contribution in [0.15, 0.2) is 24.3 Å². The number of likely N-dealkylation sites (tertiary alicyclic amines) is 1. The van der Waals surface area contributed by atoms with Crippen LogP contribution in [0.4, 0.5) is 16.2 Å². The monoisotopic (exact) mass is 319 g/mol. The Labute approximate surface area is 137 Å². The topological polar surface area (TPSA) is 84.7 Å². The predicted octanol–water partition coefficient (Wildman–Crippen LogP) is 2.85. The molecule has 1 aromatic rings. The molecule has 2 rings (SSSR count). The fourth-order valence-corrected chi connectivity index (χ4v) is 2.49. The van der Waals surface area contributed by atoms with Crippen LogP contribution in [0.25, 0.3) is 0 Å². The molecule has 126 valence electrons. The maximum atomic E-state index is 12.4. The Kier molecular flexibility index (Phi) is 5.13. The molecule has 2 amide bonds. The van der Waals surface area contributed by atoms with Crippen molar-refractivity contribution in [3.63, 3.8) is 0 Å². The average molecular weight is 319 g/mol. The molecule has 0 spiro atoms. The Morgan fingerprint density at radius 3 is 2.52 bits per heavy atom. The van der Waals surface area contributed by atoms with Gasteiger partial charge in [0.2, 0.25) is 5.91 Å². The molecule has 1 aromatic carbocycles. The van der Waals surface area contributed by atoms with E-state index < -0.39 is 5.60 Å². The van der Waals surface area contributed by atoms with Gasteiger partial charge >= 0.3 is 6.09 Å². The summed E-state index contributed by atoms with van der Waals surface area (Å²) in [5.41, 5.74) is 6.46. The number of nitrogen functional groups attached to an aromatic ring is 1. The molecule has 1 heterocycles. The molecule has 0 radical (unpaired) electrons. The lowest BCUT2D eigenvalue weighted by Gasteiger charge is -2.33. The van der Waals surface area contributed by atoms with Crippen molar-refractivity contribution in [3.05, 3.63) is 24.3 Å². The van der Waals surface area contributed by atoms with Gasteiger partial charge in [-0.05, 0) is 57.9 Å². The largest absolute Gasteiger partial charge is 0.444 e. The lowest BCUT2D eigenvalue weighted by atomic mass is 9.97. The normalized spacial score (nSPS) is 18.4. The molecular formula is C17H25N3O3. The summed E-state index contributed by atoms with van der Waals surface area (Å²) in [6.07, 6.45) is 1.20. The second-order valence-electron chi connectivity index (χ2n) is 6.88. The van der Waals surface area contributed by atoms with Crippen LogP contribution in [0.3, 0.4) is 0 Å². The maximum Gasteiger partial charge on any atom is 0.410 e. The van der Waals surface area contributed by atoms with Crippen LogP contribution < -0.4 is 11.1 Å². The van der Waals surface area contributed by atoms with Gasteiger partial charge in [-0.2, -0.15) is 0 Å². The van der Waals surface area contributed by atoms with E-state index in [1.54, 1.807) is 29.2 Å². The first-order valence-corrected chi connectivity index (χ1v) is 7.89. The van der Waals surface area contributed by atoms with E-state index in [1.807, 2.05) is 20.8 Å². The highest BCUT2D eigenvalue weighted by Gasteiger charge is 2.31. The van der Waals surface area contributed by atoms with Gasteiger partial charge in [0.25, 0.3) is 0 Å². The molecule has 1 saturated heterocycles. The first kappa shape index (κ1) is 17.1. The molecule has 1 aliphatic rings. The van der Waals surface area contributed by atoms with Crippen molar-refractivity contribution >= 4 is 23.4 Å². The van der Waals surface area contributed by atoms with Crippen molar-refractivity contribution in [3.8, 4) is 0 Å². The zero-order chi connectivity index (χ0) is 17.0.